The second kappa shape index (κ2) is 5.24. The molecule has 4 nitrogen and oxygen atoms in total. The largest absolute Gasteiger partial charge is 0.349 e. The van der Waals surface area contributed by atoms with Crippen LogP contribution in [0, 0.1) is 0 Å². The zero-order valence-corrected chi connectivity index (χ0v) is 7.66. The first-order valence-electron chi connectivity index (χ1n) is 4.35. The Balaban J connectivity index is 2.31. The van der Waals surface area contributed by atoms with Crippen LogP contribution in [0.5, 0.6) is 0 Å². The predicted molar refractivity (Wildman–Crippen MR) is 48.8 cm³/mol. The van der Waals surface area contributed by atoms with E-state index in [0.29, 0.717) is 18.8 Å². The van der Waals surface area contributed by atoms with Crippen LogP contribution in [0.2, 0.25) is 0 Å². The van der Waals surface area contributed by atoms with Gasteiger partial charge in [0.15, 0.2) is 0 Å². The van der Waals surface area contributed by atoms with Crippen molar-refractivity contribution >= 4 is 5.91 Å². The summed E-state index contributed by atoms with van der Waals surface area (Å²) in [6.45, 7) is 2.39. The van der Waals surface area contributed by atoms with Gasteiger partial charge in [0, 0.05) is 18.8 Å². The maximum atomic E-state index is 11.0. The van der Waals surface area contributed by atoms with E-state index in [1.165, 1.54) is 0 Å². The van der Waals surface area contributed by atoms with Crippen molar-refractivity contribution < 1.29 is 4.79 Å². The van der Waals surface area contributed by atoms with Gasteiger partial charge in [-0.3, -0.25) is 4.79 Å². The fourth-order valence-electron chi connectivity index (χ4n) is 0.914. The molecule has 0 aliphatic carbocycles. The highest BCUT2D eigenvalue weighted by molar-refractivity contribution is 5.75. The Morgan fingerprint density at radius 1 is 1.46 bits per heavy atom. The van der Waals surface area contributed by atoms with Crippen molar-refractivity contribution in [2.45, 2.75) is 26.3 Å². The van der Waals surface area contributed by atoms with Gasteiger partial charge in [-0.05, 0) is 12.5 Å². The lowest BCUT2D eigenvalue weighted by Crippen LogP contribution is -2.23. The molecular formula is C9H13N3O. The van der Waals surface area contributed by atoms with Crippen molar-refractivity contribution in [3.63, 3.8) is 0 Å². The molecule has 0 radical (unpaired) electrons. The fourth-order valence-corrected chi connectivity index (χ4v) is 0.914. The van der Waals surface area contributed by atoms with Gasteiger partial charge in [0.25, 0.3) is 0 Å². The van der Waals surface area contributed by atoms with E-state index in [4.69, 9.17) is 0 Å². The minimum absolute atomic E-state index is 0.0509. The van der Waals surface area contributed by atoms with Crippen LogP contribution in [0.25, 0.3) is 0 Å². The number of aromatic nitrogens is 2. The summed E-state index contributed by atoms with van der Waals surface area (Å²) in [6.07, 6.45) is 4.75. The molecule has 0 aliphatic rings. The molecule has 1 amide bonds. The molecule has 1 aromatic heterocycles. The molecule has 0 unspecified atom stereocenters. The summed E-state index contributed by atoms with van der Waals surface area (Å²) in [5.41, 5.74) is 0. The summed E-state index contributed by atoms with van der Waals surface area (Å²) >= 11 is 0. The van der Waals surface area contributed by atoms with E-state index in [1.54, 1.807) is 18.5 Å². The maximum Gasteiger partial charge on any atom is 0.220 e. The highest BCUT2D eigenvalue weighted by atomic mass is 16.1. The van der Waals surface area contributed by atoms with E-state index in [-0.39, 0.29) is 5.91 Å². The van der Waals surface area contributed by atoms with Crippen LogP contribution < -0.4 is 5.32 Å². The van der Waals surface area contributed by atoms with E-state index in [2.05, 4.69) is 15.3 Å². The number of hydrogen-bond acceptors (Lipinski definition) is 3. The average molecular weight is 179 g/mol. The Labute approximate surface area is 77.4 Å². The predicted octanol–water partition coefficient (Wildman–Crippen LogP) is 0.893. The quantitative estimate of drug-likeness (QED) is 0.746. The minimum atomic E-state index is 0.0509. The van der Waals surface area contributed by atoms with Gasteiger partial charge in [-0.2, -0.15) is 0 Å². The number of nitrogens with one attached hydrogen (secondary N) is 1. The van der Waals surface area contributed by atoms with Crippen LogP contribution in [-0.2, 0) is 11.3 Å². The molecule has 13 heavy (non-hydrogen) atoms. The van der Waals surface area contributed by atoms with Crippen LogP contribution >= 0.6 is 0 Å². The van der Waals surface area contributed by atoms with Crippen LogP contribution in [0.3, 0.4) is 0 Å². The molecule has 0 saturated heterocycles. The Kier molecular flexibility index (Phi) is 3.88. The van der Waals surface area contributed by atoms with Crippen molar-refractivity contribution in [3.8, 4) is 0 Å². The van der Waals surface area contributed by atoms with Gasteiger partial charge in [-0.25, -0.2) is 9.97 Å². The third kappa shape index (κ3) is 3.64. The summed E-state index contributed by atoms with van der Waals surface area (Å²) in [6, 6.07) is 1.75. The molecule has 0 spiro atoms. The number of carbonyl (C=O) groups excluding carboxylic acids is 1. The first-order chi connectivity index (χ1) is 6.33. The molecule has 1 heterocycles. The number of amides is 1. The minimum Gasteiger partial charge on any atom is -0.349 e. The second-order valence-electron chi connectivity index (χ2n) is 2.69. The van der Waals surface area contributed by atoms with Crippen LogP contribution in [0.1, 0.15) is 25.6 Å². The molecular weight excluding hydrogens is 166 g/mol. The van der Waals surface area contributed by atoms with Crippen LogP contribution in [0.15, 0.2) is 18.5 Å². The standard InChI is InChI=1S/C9H13N3O/c1-2-4-9(13)12-7-8-10-5-3-6-11-8/h3,5-6H,2,4,7H2,1H3,(H,12,13). The molecule has 0 bridgehead atoms. The highest BCUT2D eigenvalue weighted by Crippen LogP contribution is 1.89. The van der Waals surface area contributed by atoms with E-state index in [9.17, 15) is 4.79 Å². The topological polar surface area (TPSA) is 54.9 Å². The van der Waals surface area contributed by atoms with Crippen molar-refractivity contribution in [3.05, 3.63) is 24.3 Å². The first kappa shape index (κ1) is 9.64. The molecule has 0 fully saturated rings. The van der Waals surface area contributed by atoms with Crippen molar-refractivity contribution in [1.82, 2.24) is 15.3 Å². The third-order valence-electron chi connectivity index (χ3n) is 1.54. The van der Waals surface area contributed by atoms with E-state index >= 15 is 0 Å². The van der Waals surface area contributed by atoms with Crippen molar-refractivity contribution in [1.29, 1.82) is 0 Å². The molecule has 1 aromatic rings. The van der Waals surface area contributed by atoms with Gasteiger partial charge in [-0.15, -0.1) is 0 Å². The Morgan fingerprint density at radius 2 is 2.15 bits per heavy atom. The molecule has 70 valence electrons. The lowest BCUT2D eigenvalue weighted by Gasteiger charge is -2.01. The van der Waals surface area contributed by atoms with Gasteiger partial charge >= 0.3 is 0 Å². The van der Waals surface area contributed by atoms with Gasteiger partial charge in [0.1, 0.15) is 5.82 Å². The summed E-state index contributed by atoms with van der Waals surface area (Å²) < 4.78 is 0. The normalized spacial score (nSPS) is 9.62. The van der Waals surface area contributed by atoms with Gasteiger partial charge in [-0.1, -0.05) is 6.92 Å². The van der Waals surface area contributed by atoms with Crippen molar-refractivity contribution in [2.75, 3.05) is 0 Å². The van der Waals surface area contributed by atoms with Crippen LogP contribution in [0.4, 0.5) is 0 Å². The SMILES string of the molecule is CCCC(=O)NCc1ncccn1. The fraction of sp³-hybridized carbons (Fsp3) is 0.444. The Bertz CT molecular complexity index is 261. The van der Waals surface area contributed by atoms with Crippen molar-refractivity contribution in [2.24, 2.45) is 0 Å². The molecule has 1 rings (SSSR count). The molecule has 0 aliphatic heterocycles. The van der Waals surface area contributed by atoms with E-state index in [0.717, 1.165) is 6.42 Å². The number of nitrogens with zero attached hydrogens (tertiary/aromatic N) is 2. The van der Waals surface area contributed by atoms with Gasteiger partial charge < -0.3 is 5.32 Å². The number of rotatable bonds is 4. The molecule has 4 heteroatoms. The zero-order valence-electron chi connectivity index (χ0n) is 7.66. The molecule has 0 saturated carbocycles. The van der Waals surface area contributed by atoms with E-state index in [1.807, 2.05) is 6.92 Å². The lowest BCUT2D eigenvalue weighted by molar-refractivity contribution is -0.121. The number of carbonyl (C=O) groups is 1. The summed E-state index contributed by atoms with van der Waals surface area (Å²) in [4.78, 5) is 19.0. The monoisotopic (exact) mass is 179 g/mol. The Hall–Kier alpha value is -1.45. The zero-order chi connectivity index (χ0) is 9.52. The molecule has 1 N–H and O–H groups in total. The second-order valence-corrected chi connectivity index (χ2v) is 2.69. The highest BCUT2D eigenvalue weighted by Gasteiger charge is 1.99. The summed E-state index contributed by atoms with van der Waals surface area (Å²) in [7, 11) is 0. The first-order valence-corrected chi connectivity index (χ1v) is 4.35. The lowest BCUT2D eigenvalue weighted by atomic mass is 10.3. The maximum absolute atomic E-state index is 11.0. The number of hydrogen-bond donors (Lipinski definition) is 1. The summed E-state index contributed by atoms with van der Waals surface area (Å²) in [5.74, 6) is 0.696. The molecule has 0 aromatic carbocycles. The van der Waals surface area contributed by atoms with Gasteiger partial charge in [0.2, 0.25) is 5.91 Å². The van der Waals surface area contributed by atoms with Crippen LogP contribution in [-0.4, -0.2) is 15.9 Å². The van der Waals surface area contributed by atoms with E-state index < -0.39 is 0 Å². The molecule has 0 atom stereocenters. The third-order valence-corrected chi connectivity index (χ3v) is 1.54. The van der Waals surface area contributed by atoms with Gasteiger partial charge in [0.05, 0.1) is 6.54 Å². The smallest absolute Gasteiger partial charge is 0.220 e. The Morgan fingerprint density at radius 3 is 2.77 bits per heavy atom. The average Bonchev–Trinajstić information content (AvgIpc) is 2.17. The summed E-state index contributed by atoms with van der Waals surface area (Å²) in [5, 5.41) is 2.74.